The third-order valence-electron chi connectivity index (χ3n) is 5.12. The summed E-state index contributed by atoms with van der Waals surface area (Å²) in [7, 11) is 0. The summed E-state index contributed by atoms with van der Waals surface area (Å²) >= 11 is 5.60. The van der Waals surface area contributed by atoms with Gasteiger partial charge in [-0.25, -0.2) is 4.68 Å². The first-order chi connectivity index (χ1) is 14.0. The molecule has 158 valence electrons. The van der Waals surface area contributed by atoms with Crippen molar-refractivity contribution in [3.63, 3.8) is 0 Å². The molecule has 2 aromatic rings. The number of hydrogen-bond acceptors (Lipinski definition) is 6. The zero-order valence-corrected chi connectivity index (χ0v) is 18.0. The van der Waals surface area contributed by atoms with Gasteiger partial charge in [0.2, 0.25) is 5.91 Å². The Morgan fingerprint density at radius 3 is 2.59 bits per heavy atom. The van der Waals surface area contributed by atoms with E-state index < -0.39 is 0 Å². The van der Waals surface area contributed by atoms with E-state index in [1.807, 2.05) is 35.2 Å². The number of para-hydroxylation sites is 2. The molecule has 0 atom stereocenters. The summed E-state index contributed by atoms with van der Waals surface area (Å²) in [6.45, 7) is 9.74. The second kappa shape index (κ2) is 9.89. The van der Waals surface area contributed by atoms with Crippen LogP contribution in [0, 0.1) is 4.77 Å². The smallest absolute Gasteiger partial charge is 0.217 e. The highest BCUT2D eigenvalue weighted by atomic mass is 32.1. The Morgan fingerprint density at radius 1 is 1.21 bits per heavy atom. The zero-order valence-electron chi connectivity index (χ0n) is 17.2. The first-order valence-electron chi connectivity index (χ1n) is 10.2. The molecular weight excluding hydrogens is 388 g/mol. The van der Waals surface area contributed by atoms with Crippen molar-refractivity contribution in [2.24, 2.45) is 5.73 Å². The maximum absolute atomic E-state index is 11.1. The van der Waals surface area contributed by atoms with E-state index in [0.29, 0.717) is 24.5 Å². The van der Waals surface area contributed by atoms with Crippen molar-refractivity contribution in [2.75, 3.05) is 37.7 Å². The fourth-order valence-electron chi connectivity index (χ4n) is 3.63. The number of piperazine rings is 1. The summed E-state index contributed by atoms with van der Waals surface area (Å²) in [5, 5.41) is 4.65. The van der Waals surface area contributed by atoms with Crippen LogP contribution in [-0.2, 0) is 24.4 Å². The first kappa shape index (κ1) is 21.3. The van der Waals surface area contributed by atoms with Crippen LogP contribution < -0.4 is 15.4 Å². The van der Waals surface area contributed by atoms with Crippen LogP contribution in [0.4, 0.5) is 5.69 Å². The summed E-state index contributed by atoms with van der Waals surface area (Å²) in [6, 6.07) is 8.20. The van der Waals surface area contributed by atoms with E-state index in [4.69, 9.17) is 22.7 Å². The molecule has 8 nitrogen and oxygen atoms in total. The molecule has 1 saturated heterocycles. The Kier molecular flexibility index (Phi) is 7.27. The molecule has 2 N–H and O–H groups in total. The maximum Gasteiger partial charge on any atom is 0.217 e. The van der Waals surface area contributed by atoms with Crippen molar-refractivity contribution in [1.82, 2.24) is 19.2 Å². The van der Waals surface area contributed by atoms with Gasteiger partial charge in [-0.3, -0.25) is 9.69 Å². The van der Waals surface area contributed by atoms with Crippen LogP contribution in [0.25, 0.3) is 0 Å². The molecule has 0 saturated carbocycles. The van der Waals surface area contributed by atoms with Crippen molar-refractivity contribution in [1.29, 1.82) is 0 Å². The number of benzene rings is 1. The van der Waals surface area contributed by atoms with Gasteiger partial charge in [0.1, 0.15) is 11.6 Å². The highest BCUT2D eigenvalue weighted by Crippen LogP contribution is 2.28. The predicted octanol–water partition coefficient (Wildman–Crippen LogP) is 2.03. The van der Waals surface area contributed by atoms with Gasteiger partial charge in [0.15, 0.2) is 4.77 Å². The maximum atomic E-state index is 11.1. The molecule has 2 heterocycles. The Balaban J connectivity index is 1.64. The zero-order chi connectivity index (χ0) is 20.8. The molecule has 0 spiro atoms. The van der Waals surface area contributed by atoms with Gasteiger partial charge in [0.25, 0.3) is 0 Å². The second-order valence-corrected chi connectivity index (χ2v) is 7.42. The number of nitrogens with two attached hydrogens (primary N) is 1. The first-order valence-corrected chi connectivity index (χ1v) is 10.6. The summed E-state index contributed by atoms with van der Waals surface area (Å²) in [6.07, 6.45) is 0.797. The minimum atomic E-state index is -0.323. The van der Waals surface area contributed by atoms with Gasteiger partial charge in [0.05, 0.1) is 19.0 Å². The van der Waals surface area contributed by atoms with Gasteiger partial charge >= 0.3 is 0 Å². The second-order valence-electron chi connectivity index (χ2n) is 7.06. The Hall–Kier alpha value is -2.39. The molecule has 3 rings (SSSR count). The van der Waals surface area contributed by atoms with Crippen molar-refractivity contribution in [3.05, 3.63) is 34.9 Å². The van der Waals surface area contributed by atoms with E-state index in [1.54, 1.807) is 0 Å². The summed E-state index contributed by atoms with van der Waals surface area (Å²) in [4.78, 5) is 15.8. The van der Waals surface area contributed by atoms with Crippen molar-refractivity contribution >= 4 is 23.8 Å². The standard InChI is InChI=1S/C20H30N6O2S/c1-3-25-19(10-9-18(21)27)22-26(20(25)29)15-23-11-13-24(14-12-23)16-7-5-6-8-17(16)28-4-2/h5-8H,3-4,9-15H2,1-2H3,(H2,21,27). The minimum Gasteiger partial charge on any atom is -0.492 e. The van der Waals surface area contributed by atoms with Crippen molar-refractivity contribution in [2.45, 2.75) is 39.9 Å². The normalized spacial score (nSPS) is 14.9. The quantitative estimate of drug-likeness (QED) is 0.628. The fraction of sp³-hybridized carbons (Fsp3) is 0.550. The largest absolute Gasteiger partial charge is 0.492 e. The topological polar surface area (TPSA) is 81.6 Å². The third-order valence-corrected chi connectivity index (χ3v) is 5.55. The Labute approximate surface area is 176 Å². The van der Waals surface area contributed by atoms with E-state index in [9.17, 15) is 4.79 Å². The molecule has 1 aliphatic rings. The number of carbonyl (C=O) groups excluding carboxylic acids is 1. The molecule has 1 aromatic heterocycles. The van der Waals surface area contributed by atoms with Crippen LogP contribution in [0.1, 0.15) is 26.1 Å². The van der Waals surface area contributed by atoms with Gasteiger partial charge in [0, 0.05) is 45.6 Å². The Bertz CT molecular complexity index is 885. The monoisotopic (exact) mass is 418 g/mol. The molecule has 29 heavy (non-hydrogen) atoms. The van der Waals surface area contributed by atoms with Crippen LogP contribution in [0.2, 0.25) is 0 Å². The molecule has 0 unspecified atom stereocenters. The van der Waals surface area contributed by atoms with E-state index in [-0.39, 0.29) is 12.3 Å². The number of nitrogens with zero attached hydrogens (tertiary/aromatic N) is 5. The van der Waals surface area contributed by atoms with Gasteiger partial charge in [-0.05, 0) is 38.2 Å². The molecule has 0 aliphatic carbocycles. The van der Waals surface area contributed by atoms with Gasteiger partial charge < -0.3 is 19.9 Å². The number of rotatable bonds is 9. The number of aromatic nitrogens is 3. The SMILES string of the molecule is CCOc1ccccc1N1CCN(Cn2nc(CCC(N)=O)n(CC)c2=S)CC1. The number of aryl methyl sites for hydroxylation is 1. The molecule has 0 radical (unpaired) electrons. The van der Waals surface area contributed by atoms with Gasteiger partial charge in [-0.2, -0.15) is 5.10 Å². The molecular formula is C20H30N6O2S. The molecule has 1 amide bonds. The number of anilines is 1. The molecule has 9 heteroatoms. The number of amides is 1. The van der Waals surface area contributed by atoms with Crippen LogP contribution in [0.5, 0.6) is 5.75 Å². The molecule has 0 bridgehead atoms. The van der Waals surface area contributed by atoms with Crippen LogP contribution in [-0.4, -0.2) is 57.9 Å². The average molecular weight is 419 g/mol. The van der Waals surface area contributed by atoms with E-state index in [0.717, 1.165) is 50.0 Å². The van der Waals surface area contributed by atoms with Crippen LogP contribution >= 0.6 is 12.2 Å². The lowest BCUT2D eigenvalue weighted by Gasteiger charge is -2.36. The van der Waals surface area contributed by atoms with Crippen LogP contribution in [0.3, 0.4) is 0 Å². The number of primary amides is 1. The van der Waals surface area contributed by atoms with Crippen molar-refractivity contribution in [3.8, 4) is 5.75 Å². The average Bonchev–Trinajstić information content (AvgIpc) is 3.02. The van der Waals surface area contributed by atoms with Gasteiger partial charge in [-0.15, -0.1) is 0 Å². The molecule has 1 fully saturated rings. The molecule has 1 aromatic carbocycles. The van der Waals surface area contributed by atoms with E-state index >= 15 is 0 Å². The summed E-state index contributed by atoms with van der Waals surface area (Å²) < 4.78 is 10.3. The lowest BCUT2D eigenvalue weighted by Crippen LogP contribution is -2.47. The van der Waals surface area contributed by atoms with Gasteiger partial charge in [-0.1, -0.05) is 12.1 Å². The third kappa shape index (κ3) is 5.16. The van der Waals surface area contributed by atoms with Crippen molar-refractivity contribution < 1.29 is 9.53 Å². The molecule has 1 aliphatic heterocycles. The van der Waals surface area contributed by atoms with E-state index in [2.05, 4.69) is 27.0 Å². The minimum absolute atomic E-state index is 0.281. The predicted molar refractivity (Wildman–Crippen MR) is 116 cm³/mol. The number of ether oxygens (including phenoxy) is 1. The number of carbonyl (C=O) groups is 1. The number of hydrogen-bond donors (Lipinski definition) is 1. The summed E-state index contributed by atoms with van der Waals surface area (Å²) in [5.41, 5.74) is 6.43. The highest BCUT2D eigenvalue weighted by molar-refractivity contribution is 7.71. The summed E-state index contributed by atoms with van der Waals surface area (Å²) in [5.74, 6) is 1.43. The Morgan fingerprint density at radius 2 is 1.93 bits per heavy atom. The lowest BCUT2D eigenvalue weighted by molar-refractivity contribution is -0.118. The van der Waals surface area contributed by atoms with Crippen LogP contribution in [0.15, 0.2) is 24.3 Å². The fourth-order valence-corrected chi connectivity index (χ4v) is 3.96. The highest BCUT2D eigenvalue weighted by Gasteiger charge is 2.21. The lowest BCUT2D eigenvalue weighted by atomic mass is 10.2. The van der Waals surface area contributed by atoms with E-state index in [1.165, 1.54) is 0 Å².